The number of ether oxygens (including phenoxy) is 1. The highest BCUT2D eigenvalue weighted by atomic mass is 19.4. The summed E-state index contributed by atoms with van der Waals surface area (Å²) in [5.41, 5.74) is 1.96. The molecule has 0 aliphatic carbocycles. The molecule has 3 aromatic rings. The number of rotatable bonds is 6. The number of hydrogen-bond donors (Lipinski definition) is 1. The summed E-state index contributed by atoms with van der Waals surface area (Å²) in [6.45, 7) is 3.15. The second kappa shape index (κ2) is 7.90. The van der Waals surface area contributed by atoms with Crippen molar-refractivity contribution < 1.29 is 17.9 Å². The van der Waals surface area contributed by atoms with E-state index in [1.54, 1.807) is 6.20 Å². The van der Waals surface area contributed by atoms with E-state index in [1.807, 2.05) is 19.1 Å². The molecule has 0 aromatic carbocycles. The SMILES string of the molecule is CCc1ccc(CNc2nc(C(F)(F)F)nc3c2nnn3C[C@H]2CCCO2)nc1. The van der Waals surface area contributed by atoms with Gasteiger partial charge in [-0.05, 0) is 30.9 Å². The van der Waals surface area contributed by atoms with E-state index in [1.165, 1.54) is 4.68 Å². The minimum absolute atomic E-state index is 0.0257. The molecule has 0 spiro atoms. The first-order valence-electron chi connectivity index (χ1n) is 9.41. The Morgan fingerprint density at radius 3 is 2.79 bits per heavy atom. The highest BCUT2D eigenvalue weighted by Gasteiger charge is 2.36. The molecule has 1 aliphatic heterocycles. The van der Waals surface area contributed by atoms with Gasteiger partial charge in [-0.3, -0.25) is 4.98 Å². The number of pyridine rings is 1. The number of nitrogens with zero attached hydrogens (tertiary/aromatic N) is 6. The summed E-state index contributed by atoms with van der Waals surface area (Å²) in [5, 5.41) is 10.9. The fourth-order valence-corrected chi connectivity index (χ4v) is 3.15. The van der Waals surface area contributed by atoms with Crippen molar-refractivity contribution in [2.75, 3.05) is 11.9 Å². The number of hydrogen-bond acceptors (Lipinski definition) is 7. The Labute approximate surface area is 164 Å². The summed E-state index contributed by atoms with van der Waals surface area (Å²) >= 11 is 0. The summed E-state index contributed by atoms with van der Waals surface area (Å²) in [5.74, 6) is -1.26. The number of aromatic nitrogens is 6. The average molecular weight is 407 g/mol. The standard InChI is InChI=1S/C18H20F3N7O/c1-2-11-5-6-12(22-8-11)9-23-15-14-16(25-17(24-15)18(19,20)21)28(27-26-14)10-13-4-3-7-29-13/h5-6,8,13H,2-4,7,9-10H2,1H3,(H,23,24,25)/t13-/m1/s1. The number of aryl methyl sites for hydroxylation is 1. The fraction of sp³-hybridized carbons (Fsp3) is 0.500. The first kappa shape index (κ1) is 19.5. The zero-order valence-corrected chi connectivity index (χ0v) is 15.8. The number of nitrogens with one attached hydrogen (secondary N) is 1. The van der Waals surface area contributed by atoms with Gasteiger partial charge in [0.2, 0.25) is 5.82 Å². The van der Waals surface area contributed by atoms with E-state index in [4.69, 9.17) is 4.74 Å². The third-order valence-electron chi connectivity index (χ3n) is 4.75. The molecule has 0 radical (unpaired) electrons. The molecule has 0 amide bonds. The van der Waals surface area contributed by atoms with Crippen LogP contribution in [0, 0.1) is 0 Å². The van der Waals surface area contributed by atoms with Crippen molar-refractivity contribution in [1.82, 2.24) is 29.9 Å². The Morgan fingerprint density at radius 2 is 2.14 bits per heavy atom. The largest absolute Gasteiger partial charge is 0.451 e. The van der Waals surface area contributed by atoms with Crippen LogP contribution in [0.25, 0.3) is 11.2 Å². The molecule has 3 aromatic heterocycles. The molecule has 1 saturated heterocycles. The molecule has 0 saturated carbocycles. The molecule has 29 heavy (non-hydrogen) atoms. The van der Waals surface area contributed by atoms with E-state index in [-0.39, 0.29) is 29.6 Å². The zero-order valence-electron chi connectivity index (χ0n) is 15.8. The van der Waals surface area contributed by atoms with Crippen molar-refractivity contribution in [2.24, 2.45) is 0 Å². The van der Waals surface area contributed by atoms with Crippen molar-refractivity contribution in [3.63, 3.8) is 0 Å². The Morgan fingerprint density at radius 1 is 1.28 bits per heavy atom. The molecule has 1 aliphatic rings. The van der Waals surface area contributed by atoms with Gasteiger partial charge in [-0.25, -0.2) is 14.6 Å². The van der Waals surface area contributed by atoms with Crippen LogP contribution in [-0.4, -0.2) is 42.7 Å². The molecular weight excluding hydrogens is 387 g/mol. The summed E-state index contributed by atoms with van der Waals surface area (Å²) < 4.78 is 46.9. The Kier molecular flexibility index (Phi) is 5.31. The minimum Gasteiger partial charge on any atom is -0.376 e. The molecule has 11 heteroatoms. The molecule has 4 rings (SSSR count). The maximum absolute atomic E-state index is 13.3. The number of halogens is 3. The van der Waals surface area contributed by atoms with Gasteiger partial charge >= 0.3 is 6.18 Å². The lowest BCUT2D eigenvalue weighted by Crippen LogP contribution is -2.18. The maximum Gasteiger partial charge on any atom is 0.451 e. The predicted octanol–water partition coefficient (Wildman–Crippen LogP) is 2.99. The second-order valence-electron chi connectivity index (χ2n) is 6.84. The normalized spacial score (nSPS) is 17.2. The van der Waals surface area contributed by atoms with E-state index in [0.29, 0.717) is 18.8 Å². The van der Waals surface area contributed by atoms with E-state index >= 15 is 0 Å². The fourth-order valence-electron chi connectivity index (χ4n) is 3.15. The van der Waals surface area contributed by atoms with E-state index in [2.05, 4.69) is 30.6 Å². The van der Waals surface area contributed by atoms with Crippen LogP contribution >= 0.6 is 0 Å². The zero-order chi connectivity index (χ0) is 20.4. The van der Waals surface area contributed by atoms with Crippen LogP contribution in [0.15, 0.2) is 18.3 Å². The van der Waals surface area contributed by atoms with Crippen molar-refractivity contribution in [1.29, 1.82) is 0 Å². The number of anilines is 1. The van der Waals surface area contributed by atoms with Gasteiger partial charge in [-0.2, -0.15) is 13.2 Å². The van der Waals surface area contributed by atoms with Crippen molar-refractivity contribution in [3.8, 4) is 0 Å². The third-order valence-corrected chi connectivity index (χ3v) is 4.75. The molecule has 1 fully saturated rings. The Hall–Kier alpha value is -2.82. The highest BCUT2D eigenvalue weighted by molar-refractivity contribution is 5.82. The first-order valence-corrected chi connectivity index (χ1v) is 9.41. The molecule has 0 bridgehead atoms. The lowest BCUT2D eigenvalue weighted by atomic mass is 10.2. The van der Waals surface area contributed by atoms with Crippen LogP contribution in [0.1, 0.15) is 36.8 Å². The molecule has 4 heterocycles. The predicted molar refractivity (Wildman–Crippen MR) is 98.0 cm³/mol. The third kappa shape index (κ3) is 4.29. The lowest BCUT2D eigenvalue weighted by molar-refractivity contribution is -0.144. The molecule has 154 valence electrons. The van der Waals surface area contributed by atoms with Crippen LogP contribution in [0.5, 0.6) is 0 Å². The van der Waals surface area contributed by atoms with Gasteiger partial charge in [0.15, 0.2) is 17.0 Å². The van der Waals surface area contributed by atoms with Crippen LogP contribution in [0.2, 0.25) is 0 Å². The van der Waals surface area contributed by atoms with Crippen LogP contribution in [0.4, 0.5) is 19.0 Å². The molecule has 0 unspecified atom stereocenters. The second-order valence-corrected chi connectivity index (χ2v) is 6.84. The van der Waals surface area contributed by atoms with Crippen LogP contribution in [-0.2, 0) is 30.4 Å². The van der Waals surface area contributed by atoms with Crippen molar-refractivity contribution in [2.45, 2.75) is 51.6 Å². The summed E-state index contributed by atoms with van der Waals surface area (Å²) in [7, 11) is 0. The van der Waals surface area contributed by atoms with Crippen LogP contribution in [0.3, 0.4) is 0 Å². The minimum atomic E-state index is -4.69. The Balaban J connectivity index is 1.64. The van der Waals surface area contributed by atoms with Crippen LogP contribution < -0.4 is 5.32 Å². The summed E-state index contributed by atoms with van der Waals surface area (Å²) in [6, 6.07) is 3.75. The molecule has 8 nitrogen and oxygen atoms in total. The lowest BCUT2D eigenvalue weighted by Gasteiger charge is -2.12. The molecule has 1 N–H and O–H groups in total. The van der Waals surface area contributed by atoms with Crippen molar-refractivity contribution in [3.05, 3.63) is 35.4 Å². The average Bonchev–Trinajstić information content (AvgIpc) is 3.36. The van der Waals surface area contributed by atoms with Crippen molar-refractivity contribution >= 4 is 17.0 Å². The monoisotopic (exact) mass is 407 g/mol. The number of alkyl halides is 3. The van der Waals surface area contributed by atoms with Gasteiger partial charge in [-0.15, -0.1) is 5.10 Å². The van der Waals surface area contributed by atoms with E-state index in [0.717, 1.165) is 24.8 Å². The maximum atomic E-state index is 13.3. The first-order chi connectivity index (χ1) is 13.9. The van der Waals surface area contributed by atoms with Gasteiger partial charge in [-0.1, -0.05) is 18.2 Å². The van der Waals surface area contributed by atoms with Gasteiger partial charge in [0.05, 0.1) is 24.9 Å². The Bertz CT molecular complexity index is 982. The van der Waals surface area contributed by atoms with Gasteiger partial charge in [0.1, 0.15) is 0 Å². The van der Waals surface area contributed by atoms with E-state index in [9.17, 15) is 13.2 Å². The molecular formula is C18H20F3N7O. The quantitative estimate of drug-likeness (QED) is 0.672. The van der Waals surface area contributed by atoms with Gasteiger partial charge in [0.25, 0.3) is 0 Å². The van der Waals surface area contributed by atoms with Gasteiger partial charge < -0.3 is 10.1 Å². The summed E-state index contributed by atoms with van der Waals surface area (Å²) in [6.07, 6.45) is -0.465. The van der Waals surface area contributed by atoms with Gasteiger partial charge in [0, 0.05) is 12.8 Å². The topological polar surface area (TPSA) is 90.6 Å². The number of fused-ring (bicyclic) bond motifs is 1. The van der Waals surface area contributed by atoms with E-state index < -0.39 is 12.0 Å². The molecule has 1 atom stereocenters. The smallest absolute Gasteiger partial charge is 0.376 e. The summed E-state index contributed by atoms with van der Waals surface area (Å²) in [4.78, 5) is 11.6. The highest BCUT2D eigenvalue weighted by Crippen LogP contribution is 2.30.